The molecule has 0 aliphatic rings. The van der Waals surface area contributed by atoms with Crippen molar-refractivity contribution in [2.24, 2.45) is 0 Å². The van der Waals surface area contributed by atoms with Crippen molar-refractivity contribution in [1.82, 2.24) is 14.5 Å². The van der Waals surface area contributed by atoms with Gasteiger partial charge >= 0.3 is 0 Å². The number of nitriles is 2. The summed E-state index contributed by atoms with van der Waals surface area (Å²) in [7, 11) is 0. The molecule has 0 unspecified atom stereocenters. The molecule has 0 spiro atoms. The minimum atomic E-state index is 0.527. The van der Waals surface area contributed by atoms with E-state index in [1.807, 2.05) is 140 Å². The van der Waals surface area contributed by atoms with Crippen LogP contribution in [0.5, 0.6) is 0 Å². The van der Waals surface area contributed by atoms with Gasteiger partial charge < -0.3 is 4.57 Å². The molecule has 11 aromatic rings. The van der Waals surface area contributed by atoms with Crippen LogP contribution >= 0.6 is 0 Å². The first-order valence-corrected chi connectivity index (χ1v) is 22.2. The molecule has 9 aromatic carbocycles. The van der Waals surface area contributed by atoms with Crippen LogP contribution in [0.25, 0.3) is 116 Å². The van der Waals surface area contributed by atoms with Gasteiger partial charge in [0.25, 0.3) is 0 Å². The number of rotatable bonds is 8. The van der Waals surface area contributed by atoms with Crippen molar-refractivity contribution in [3.8, 4) is 96.2 Å². The monoisotopic (exact) mass is 877 g/mol. The van der Waals surface area contributed by atoms with E-state index in [4.69, 9.17) is 23.1 Å². The molecule has 0 saturated heterocycles. The molecular formula is C62H35N7. The summed E-state index contributed by atoms with van der Waals surface area (Å²) in [4.78, 5) is 17.9. The Bertz CT molecular complexity index is 3690. The molecule has 0 radical (unpaired) electrons. The van der Waals surface area contributed by atoms with Crippen molar-refractivity contribution < 1.29 is 0 Å². The van der Waals surface area contributed by atoms with E-state index in [0.717, 1.165) is 100 Å². The third-order valence-corrected chi connectivity index (χ3v) is 12.5. The second-order valence-electron chi connectivity index (χ2n) is 16.6. The van der Waals surface area contributed by atoms with Crippen LogP contribution in [0.4, 0.5) is 11.4 Å². The van der Waals surface area contributed by atoms with E-state index in [1.54, 1.807) is 0 Å². The lowest BCUT2D eigenvalue weighted by Gasteiger charge is -2.21. The maximum atomic E-state index is 9.95. The lowest BCUT2D eigenvalue weighted by atomic mass is 9.92. The second-order valence-corrected chi connectivity index (χ2v) is 16.6. The van der Waals surface area contributed by atoms with E-state index in [9.17, 15) is 10.5 Å². The van der Waals surface area contributed by atoms with Crippen molar-refractivity contribution in [3.63, 3.8) is 0 Å². The molecule has 7 nitrogen and oxygen atoms in total. The summed E-state index contributed by atoms with van der Waals surface area (Å²) in [5.74, 6) is 0.541. The zero-order valence-electron chi connectivity index (χ0n) is 36.8. The van der Waals surface area contributed by atoms with E-state index >= 15 is 0 Å². The van der Waals surface area contributed by atoms with Crippen LogP contribution in [0, 0.1) is 35.8 Å². The van der Waals surface area contributed by atoms with Gasteiger partial charge in [0.05, 0.1) is 64.5 Å². The van der Waals surface area contributed by atoms with E-state index in [1.165, 1.54) is 0 Å². The molecule has 0 aliphatic carbocycles. The smallest absolute Gasteiger partial charge is 0.187 e. The topological polar surface area (TPSA) is 87.0 Å². The predicted molar refractivity (Wildman–Crippen MR) is 276 cm³/mol. The number of benzene rings is 9. The van der Waals surface area contributed by atoms with E-state index in [2.05, 4.69) is 99.2 Å². The Hall–Kier alpha value is -10.2. The molecule has 11 rings (SSSR count). The van der Waals surface area contributed by atoms with Gasteiger partial charge in [0.2, 0.25) is 0 Å². The summed E-state index contributed by atoms with van der Waals surface area (Å²) in [6.45, 7) is 15.4. The minimum Gasteiger partial charge on any atom is -0.308 e. The lowest BCUT2D eigenvalue weighted by Crippen LogP contribution is -2.03. The van der Waals surface area contributed by atoms with Crippen molar-refractivity contribution in [2.45, 2.75) is 0 Å². The van der Waals surface area contributed by atoms with Crippen LogP contribution in [-0.4, -0.2) is 14.5 Å². The van der Waals surface area contributed by atoms with Crippen molar-refractivity contribution in [2.75, 3.05) is 0 Å². The van der Waals surface area contributed by atoms with E-state index < -0.39 is 0 Å². The fraction of sp³-hybridized carbons (Fsp3) is 0. The van der Waals surface area contributed by atoms with Gasteiger partial charge in [0.1, 0.15) is 0 Å². The van der Waals surface area contributed by atoms with Crippen LogP contribution in [0.1, 0.15) is 11.1 Å². The molecule has 7 heteroatoms. The van der Waals surface area contributed by atoms with E-state index in [0.29, 0.717) is 28.3 Å². The number of hydrogen-bond acceptors (Lipinski definition) is 4. The summed E-state index contributed by atoms with van der Waals surface area (Å²) in [6, 6.07) is 74.8. The van der Waals surface area contributed by atoms with Gasteiger partial charge in [-0.2, -0.15) is 10.5 Å². The van der Waals surface area contributed by atoms with Gasteiger partial charge in [-0.1, -0.05) is 146 Å². The molecule has 0 amide bonds. The van der Waals surface area contributed by atoms with Gasteiger partial charge in [-0.3, -0.25) is 0 Å². The predicted octanol–water partition coefficient (Wildman–Crippen LogP) is 16.1. The summed E-state index contributed by atoms with van der Waals surface area (Å²) >= 11 is 0. The molecule has 318 valence electrons. The molecule has 69 heavy (non-hydrogen) atoms. The van der Waals surface area contributed by atoms with Crippen LogP contribution in [0.3, 0.4) is 0 Å². The highest BCUT2D eigenvalue weighted by molar-refractivity contribution is 6.13. The molecule has 2 heterocycles. The average Bonchev–Trinajstić information content (AvgIpc) is 3.75. The second kappa shape index (κ2) is 17.7. The van der Waals surface area contributed by atoms with Crippen molar-refractivity contribution in [3.05, 3.63) is 246 Å². The Labute approximate surface area is 399 Å². The van der Waals surface area contributed by atoms with Gasteiger partial charge in [0.15, 0.2) is 17.2 Å². The molecule has 0 fully saturated rings. The van der Waals surface area contributed by atoms with Crippen LogP contribution < -0.4 is 0 Å². The fourth-order valence-electron chi connectivity index (χ4n) is 9.06. The third kappa shape index (κ3) is 7.82. The normalized spacial score (nSPS) is 10.8. The summed E-state index contributed by atoms with van der Waals surface area (Å²) < 4.78 is 2.32. The molecule has 0 N–H and O–H groups in total. The fourth-order valence-corrected chi connectivity index (χ4v) is 9.06. The maximum absolute atomic E-state index is 9.95. The first-order chi connectivity index (χ1) is 34.0. The number of aromatic nitrogens is 3. The first-order valence-electron chi connectivity index (χ1n) is 22.2. The van der Waals surface area contributed by atoms with Gasteiger partial charge in [-0.25, -0.2) is 19.7 Å². The van der Waals surface area contributed by atoms with Gasteiger partial charge in [-0.15, -0.1) is 0 Å². The van der Waals surface area contributed by atoms with Crippen molar-refractivity contribution >= 4 is 33.2 Å². The number of hydrogen-bond donors (Lipinski definition) is 0. The Morgan fingerprint density at radius 3 is 1.19 bits per heavy atom. The standard InChI is InChI=1S/C62H35N7/c1-65-51-27-21-43(22-28-51)49-26-32-60-56(34-49)55-33-48(42-17-13-40(38-63)14-18-42)25-31-59(55)69(60)61-53(44-19-15-41(39-64)16-20-44)35-50(36-54(61)45-23-29-52(66-2)30-24-45)62-67-57(46-9-5-3-6-10-46)37-58(68-62)47-11-7-4-8-12-47/h3-37H. The summed E-state index contributed by atoms with van der Waals surface area (Å²) in [5.41, 5.74) is 16.8. The zero-order chi connectivity index (χ0) is 46.8. The first kappa shape index (κ1) is 41.5. The van der Waals surface area contributed by atoms with Crippen LogP contribution in [0.2, 0.25) is 0 Å². The van der Waals surface area contributed by atoms with E-state index in [-0.39, 0.29) is 0 Å². The van der Waals surface area contributed by atoms with Crippen LogP contribution in [-0.2, 0) is 0 Å². The molecule has 0 bridgehead atoms. The highest BCUT2D eigenvalue weighted by Gasteiger charge is 2.24. The van der Waals surface area contributed by atoms with Crippen LogP contribution in [0.15, 0.2) is 212 Å². The molecule has 0 aliphatic heterocycles. The summed E-state index contributed by atoms with van der Waals surface area (Å²) in [5, 5.41) is 21.6. The number of nitrogens with zero attached hydrogens (tertiary/aromatic N) is 7. The summed E-state index contributed by atoms with van der Waals surface area (Å²) in [6.07, 6.45) is 0. The molecular weight excluding hydrogens is 843 g/mol. The SMILES string of the molecule is [C-]#[N+]c1ccc(-c2ccc3c(c2)c2cc(-c4ccc(C#N)cc4)ccc2n3-c2c(-c3ccc(C#N)cc3)cc(-c3nc(-c4ccccc4)cc(-c4ccccc4)n3)cc2-c2ccc([N+]#[C-])cc2)cc1. The van der Waals surface area contributed by atoms with Gasteiger partial charge in [-0.05, 0) is 100 Å². The third-order valence-electron chi connectivity index (χ3n) is 12.5. The minimum absolute atomic E-state index is 0.527. The average molecular weight is 878 g/mol. The highest BCUT2D eigenvalue weighted by atomic mass is 15.0. The van der Waals surface area contributed by atoms with Crippen molar-refractivity contribution in [1.29, 1.82) is 10.5 Å². The Balaban J connectivity index is 1.25. The quantitative estimate of drug-likeness (QED) is 0.142. The Kier molecular flexibility index (Phi) is 10.6. The maximum Gasteiger partial charge on any atom is 0.187 e. The lowest BCUT2D eigenvalue weighted by molar-refractivity contribution is 1.17. The van der Waals surface area contributed by atoms with Gasteiger partial charge in [0, 0.05) is 38.6 Å². The zero-order valence-corrected chi connectivity index (χ0v) is 36.8. The molecule has 0 saturated carbocycles. The molecule has 0 atom stereocenters. The highest BCUT2D eigenvalue weighted by Crippen LogP contribution is 2.45. The number of fused-ring (bicyclic) bond motifs is 3. The Morgan fingerprint density at radius 2 is 0.768 bits per heavy atom. The largest absolute Gasteiger partial charge is 0.308 e. The molecule has 2 aromatic heterocycles. The Morgan fingerprint density at radius 1 is 0.377 bits per heavy atom.